The summed E-state index contributed by atoms with van der Waals surface area (Å²) in [7, 11) is 1.65. The molecule has 1 aliphatic rings. The summed E-state index contributed by atoms with van der Waals surface area (Å²) >= 11 is 0. The first kappa shape index (κ1) is 16.5. The number of carbonyl (C=O) groups is 1. The second-order valence-electron chi connectivity index (χ2n) is 5.94. The molecule has 6 nitrogen and oxygen atoms in total. The Hall–Kier alpha value is -2.34. The summed E-state index contributed by atoms with van der Waals surface area (Å²) in [5, 5.41) is 7.23. The Labute approximate surface area is 141 Å². The van der Waals surface area contributed by atoms with Gasteiger partial charge in [0.2, 0.25) is 5.91 Å². The lowest BCUT2D eigenvalue weighted by atomic mass is 10.1. The fraction of sp³-hybridized carbons (Fsp3) is 0.444. The zero-order valence-corrected chi connectivity index (χ0v) is 13.9. The van der Waals surface area contributed by atoms with E-state index in [4.69, 9.17) is 9.47 Å². The maximum atomic E-state index is 12.1. The first-order valence-corrected chi connectivity index (χ1v) is 8.31. The zero-order valence-electron chi connectivity index (χ0n) is 13.9. The van der Waals surface area contributed by atoms with Crippen molar-refractivity contribution in [1.29, 1.82) is 0 Å². The fourth-order valence-corrected chi connectivity index (χ4v) is 2.84. The SMILES string of the molecule is COc1ccc(Cn2nccc2NC(=O)CC[C@@H]2CCCO2)cc1. The molecule has 0 unspecified atom stereocenters. The maximum Gasteiger partial charge on any atom is 0.225 e. The van der Waals surface area contributed by atoms with E-state index in [2.05, 4.69) is 10.4 Å². The van der Waals surface area contributed by atoms with Crippen LogP contribution in [-0.4, -0.2) is 35.5 Å². The molecular formula is C18H23N3O3. The van der Waals surface area contributed by atoms with Gasteiger partial charge in [-0.1, -0.05) is 12.1 Å². The number of aromatic nitrogens is 2. The van der Waals surface area contributed by atoms with Gasteiger partial charge in [-0.15, -0.1) is 0 Å². The molecule has 1 aromatic carbocycles. The van der Waals surface area contributed by atoms with Gasteiger partial charge in [0.15, 0.2) is 0 Å². The van der Waals surface area contributed by atoms with Crippen LogP contribution in [0.5, 0.6) is 5.75 Å². The van der Waals surface area contributed by atoms with E-state index in [1.165, 1.54) is 0 Å². The molecule has 2 aromatic rings. The van der Waals surface area contributed by atoms with Crippen LogP contribution in [-0.2, 0) is 16.1 Å². The third-order valence-electron chi connectivity index (χ3n) is 4.19. The third-order valence-corrected chi connectivity index (χ3v) is 4.19. The number of methoxy groups -OCH3 is 1. The first-order chi connectivity index (χ1) is 11.7. The fourth-order valence-electron chi connectivity index (χ4n) is 2.84. The van der Waals surface area contributed by atoms with E-state index in [9.17, 15) is 4.79 Å². The van der Waals surface area contributed by atoms with Crippen molar-refractivity contribution in [2.45, 2.75) is 38.3 Å². The smallest absolute Gasteiger partial charge is 0.225 e. The van der Waals surface area contributed by atoms with Crippen LogP contribution in [0.15, 0.2) is 36.5 Å². The molecule has 0 aliphatic carbocycles. The largest absolute Gasteiger partial charge is 0.497 e. The highest BCUT2D eigenvalue weighted by Crippen LogP contribution is 2.18. The summed E-state index contributed by atoms with van der Waals surface area (Å²) in [6, 6.07) is 9.62. The minimum atomic E-state index is 0.00183. The minimum absolute atomic E-state index is 0.00183. The Balaban J connectivity index is 1.54. The molecule has 1 fully saturated rings. The lowest BCUT2D eigenvalue weighted by Crippen LogP contribution is -2.18. The molecule has 0 bridgehead atoms. The normalized spacial score (nSPS) is 17.0. The summed E-state index contributed by atoms with van der Waals surface area (Å²) in [6.45, 7) is 1.42. The van der Waals surface area contributed by atoms with E-state index < -0.39 is 0 Å². The van der Waals surface area contributed by atoms with Gasteiger partial charge in [-0.05, 0) is 37.0 Å². The maximum absolute atomic E-state index is 12.1. The molecule has 3 rings (SSSR count). The number of hydrogen-bond donors (Lipinski definition) is 1. The number of carbonyl (C=O) groups excluding carboxylic acids is 1. The number of rotatable bonds is 7. The Morgan fingerprint density at radius 2 is 2.21 bits per heavy atom. The molecular weight excluding hydrogens is 306 g/mol. The number of benzene rings is 1. The lowest BCUT2D eigenvalue weighted by molar-refractivity contribution is -0.116. The topological polar surface area (TPSA) is 65.4 Å². The highest BCUT2D eigenvalue weighted by molar-refractivity contribution is 5.89. The van der Waals surface area contributed by atoms with Crippen molar-refractivity contribution in [1.82, 2.24) is 9.78 Å². The van der Waals surface area contributed by atoms with Gasteiger partial charge >= 0.3 is 0 Å². The predicted molar refractivity (Wildman–Crippen MR) is 91.2 cm³/mol. The number of amides is 1. The van der Waals surface area contributed by atoms with E-state index in [0.717, 1.165) is 37.2 Å². The van der Waals surface area contributed by atoms with Gasteiger partial charge in [0.05, 0.1) is 26.0 Å². The average Bonchev–Trinajstić information content (AvgIpc) is 3.26. The Bertz CT molecular complexity index is 660. The van der Waals surface area contributed by atoms with Crippen LogP contribution in [0, 0.1) is 0 Å². The quantitative estimate of drug-likeness (QED) is 0.848. The van der Waals surface area contributed by atoms with E-state index >= 15 is 0 Å². The van der Waals surface area contributed by atoms with Gasteiger partial charge in [-0.3, -0.25) is 4.79 Å². The standard InChI is InChI=1S/C18H23N3O3/c1-23-15-6-4-14(5-7-15)13-21-17(10-11-19-21)20-18(22)9-8-16-3-2-12-24-16/h4-7,10-11,16H,2-3,8-9,12-13H2,1H3,(H,20,22)/t16-/m0/s1. The molecule has 1 aliphatic heterocycles. The van der Waals surface area contributed by atoms with Gasteiger partial charge in [-0.2, -0.15) is 5.10 Å². The molecule has 1 amide bonds. The van der Waals surface area contributed by atoms with E-state index in [1.807, 2.05) is 30.3 Å². The van der Waals surface area contributed by atoms with Gasteiger partial charge in [0.25, 0.3) is 0 Å². The van der Waals surface area contributed by atoms with E-state index in [0.29, 0.717) is 18.8 Å². The summed E-state index contributed by atoms with van der Waals surface area (Å²) in [5.74, 6) is 1.53. The molecule has 24 heavy (non-hydrogen) atoms. The zero-order chi connectivity index (χ0) is 16.8. The number of ether oxygens (including phenoxy) is 2. The van der Waals surface area contributed by atoms with Crippen molar-refractivity contribution in [3.05, 3.63) is 42.1 Å². The first-order valence-electron chi connectivity index (χ1n) is 8.31. The molecule has 2 heterocycles. The summed E-state index contributed by atoms with van der Waals surface area (Å²) in [4.78, 5) is 12.1. The summed E-state index contributed by atoms with van der Waals surface area (Å²) < 4.78 is 12.5. The Kier molecular flexibility index (Phi) is 5.48. The van der Waals surface area contributed by atoms with Crippen LogP contribution in [0.2, 0.25) is 0 Å². The lowest BCUT2D eigenvalue weighted by Gasteiger charge is -2.11. The number of anilines is 1. The van der Waals surface area contributed by atoms with Crippen LogP contribution < -0.4 is 10.1 Å². The van der Waals surface area contributed by atoms with Crippen molar-refractivity contribution in [2.75, 3.05) is 19.0 Å². The monoisotopic (exact) mass is 329 g/mol. The number of hydrogen-bond acceptors (Lipinski definition) is 4. The highest BCUT2D eigenvalue weighted by atomic mass is 16.5. The van der Waals surface area contributed by atoms with Gasteiger partial charge in [0, 0.05) is 19.1 Å². The molecule has 1 aromatic heterocycles. The second-order valence-corrected chi connectivity index (χ2v) is 5.94. The van der Waals surface area contributed by atoms with Crippen molar-refractivity contribution >= 4 is 11.7 Å². The highest BCUT2D eigenvalue weighted by Gasteiger charge is 2.17. The van der Waals surface area contributed by atoms with Crippen molar-refractivity contribution in [2.24, 2.45) is 0 Å². The second kappa shape index (κ2) is 7.97. The molecule has 1 N–H and O–H groups in total. The molecule has 0 radical (unpaired) electrons. The van der Waals surface area contributed by atoms with Crippen LogP contribution in [0.1, 0.15) is 31.2 Å². The van der Waals surface area contributed by atoms with Crippen molar-refractivity contribution < 1.29 is 14.3 Å². The van der Waals surface area contributed by atoms with Crippen LogP contribution >= 0.6 is 0 Å². The number of nitrogens with zero attached hydrogens (tertiary/aromatic N) is 2. The summed E-state index contributed by atoms with van der Waals surface area (Å²) in [5.41, 5.74) is 1.09. The van der Waals surface area contributed by atoms with E-state index in [1.54, 1.807) is 18.0 Å². The summed E-state index contributed by atoms with van der Waals surface area (Å²) in [6.07, 6.45) is 5.33. The van der Waals surface area contributed by atoms with Crippen molar-refractivity contribution in [3.8, 4) is 5.75 Å². The van der Waals surface area contributed by atoms with Crippen LogP contribution in [0.25, 0.3) is 0 Å². The molecule has 1 saturated heterocycles. The minimum Gasteiger partial charge on any atom is -0.497 e. The Morgan fingerprint density at radius 3 is 2.92 bits per heavy atom. The molecule has 0 spiro atoms. The van der Waals surface area contributed by atoms with E-state index in [-0.39, 0.29) is 12.0 Å². The predicted octanol–water partition coefficient (Wildman–Crippen LogP) is 2.84. The van der Waals surface area contributed by atoms with Gasteiger partial charge < -0.3 is 14.8 Å². The number of nitrogens with one attached hydrogen (secondary N) is 1. The van der Waals surface area contributed by atoms with Crippen molar-refractivity contribution in [3.63, 3.8) is 0 Å². The van der Waals surface area contributed by atoms with Gasteiger partial charge in [-0.25, -0.2) is 4.68 Å². The molecule has 128 valence electrons. The average molecular weight is 329 g/mol. The molecule has 6 heteroatoms. The third kappa shape index (κ3) is 4.35. The molecule has 1 atom stereocenters. The molecule has 0 saturated carbocycles. The van der Waals surface area contributed by atoms with Crippen LogP contribution in [0.3, 0.4) is 0 Å². The Morgan fingerprint density at radius 1 is 1.38 bits per heavy atom. The van der Waals surface area contributed by atoms with Gasteiger partial charge in [0.1, 0.15) is 11.6 Å². The van der Waals surface area contributed by atoms with Crippen LogP contribution in [0.4, 0.5) is 5.82 Å².